The van der Waals surface area contributed by atoms with Gasteiger partial charge in [0.1, 0.15) is 0 Å². The zero-order valence-corrected chi connectivity index (χ0v) is 18.1. The number of piperazine rings is 1. The fourth-order valence-corrected chi connectivity index (χ4v) is 4.48. The van der Waals surface area contributed by atoms with Gasteiger partial charge in [-0.2, -0.15) is 0 Å². The van der Waals surface area contributed by atoms with Crippen molar-refractivity contribution in [3.63, 3.8) is 0 Å². The largest absolute Gasteiger partial charge is 0.328 e. The molecule has 0 saturated carbocycles. The second-order valence-electron chi connectivity index (χ2n) is 8.35. The van der Waals surface area contributed by atoms with Crippen molar-refractivity contribution in [2.45, 2.75) is 19.4 Å². The number of urea groups is 1. The van der Waals surface area contributed by atoms with Gasteiger partial charge < -0.3 is 15.1 Å². The van der Waals surface area contributed by atoms with E-state index >= 15 is 0 Å². The highest BCUT2D eigenvalue weighted by Crippen LogP contribution is 2.27. The third-order valence-electron chi connectivity index (χ3n) is 6.27. The molecule has 1 saturated heterocycles. The van der Waals surface area contributed by atoms with Crippen molar-refractivity contribution >= 4 is 23.3 Å². The van der Waals surface area contributed by atoms with Crippen molar-refractivity contribution in [1.29, 1.82) is 0 Å². The van der Waals surface area contributed by atoms with E-state index in [-0.39, 0.29) is 18.0 Å². The lowest BCUT2D eigenvalue weighted by Gasteiger charge is -2.35. The van der Waals surface area contributed by atoms with Crippen molar-refractivity contribution in [3.05, 3.63) is 60.0 Å². The summed E-state index contributed by atoms with van der Waals surface area (Å²) in [7, 11) is 0. The number of carbonyl (C=O) groups is 2. The summed E-state index contributed by atoms with van der Waals surface area (Å²) in [5, 5.41) is 11.4. The highest BCUT2D eigenvalue weighted by atomic mass is 16.2. The standard InChI is InChI=1S/C23H27N7O2/c1-17(22-26-25-20-8-4-5-10-30(20)22)24-23(32)28-14-12-27(13-15-28)16-21(31)29-11-9-18-6-2-3-7-19(18)29/h2-8,10,17H,9,11-16H2,1H3,(H,24,32). The smallest absolute Gasteiger partial charge is 0.318 e. The molecule has 9 heteroatoms. The summed E-state index contributed by atoms with van der Waals surface area (Å²) >= 11 is 0. The van der Waals surface area contributed by atoms with Crippen LogP contribution in [0.5, 0.6) is 0 Å². The maximum absolute atomic E-state index is 12.9. The van der Waals surface area contributed by atoms with E-state index in [9.17, 15) is 9.59 Å². The zero-order chi connectivity index (χ0) is 22.1. The first-order chi connectivity index (χ1) is 15.6. The fraction of sp³-hybridized carbons (Fsp3) is 0.391. The van der Waals surface area contributed by atoms with Crippen LogP contribution in [0.3, 0.4) is 0 Å². The van der Waals surface area contributed by atoms with Gasteiger partial charge in [-0.1, -0.05) is 24.3 Å². The zero-order valence-electron chi connectivity index (χ0n) is 18.1. The molecular weight excluding hydrogens is 406 g/mol. The lowest BCUT2D eigenvalue weighted by molar-refractivity contribution is -0.120. The fourth-order valence-electron chi connectivity index (χ4n) is 4.48. The topological polar surface area (TPSA) is 86.1 Å². The molecule has 0 radical (unpaired) electrons. The van der Waals surface area contributed by atoms with Crippen molar-refractivity contribution in [2.75, 3.05) is 44.2 Å². The van der Waals surface area contributed by atoms with Crippen molar-refractivity contribution in [2.24, 2.45) is 0 Å². The molecule has 166 valence electrons. The minimum atomic E-state index is -0.269. The number of hydrogen-bond acceptors (Lipinski definition) is 5. The summed E-state index contributed by atoms with van der Waals surface area (Å²) in [4.78, 5) is 31.4. The second kappa shape index (κ2) is 8.58. The Bertz CT molecular complexity index is 1140. The quantitative estimate of drug-likeness (QED) is 0.677. The molecule has 1 atom stereocenters. The van der Waals surface area contributed by atoms with Gasteiger partial charge >= 0.3 is 6.03 Å². The lowest BCUT2D eigenvalue weighted by atomic mass is 10.2. The molecule has 32 heavy (non-hydrogen) atoms. The Hall–Kier alpha value is -3.46. The third-order valence-corrected chi connectivity index (χ3v) is 6.27. The van der Waals surface area contributed by atoms with Crippen LogP contribution in [0.2, 0.25) is 0 Å². The third kappa shape index (κ3) is 3.91. The molecule has 4 heterocycles. The van der Waals surface area contributed by atoms with Gasteiger partial charge in [-0.15, -0.1) is 10.2 Å². The van der Waals surface area contributed by atoms with Crippen molar-refractivity contribution < 1.29 is 9.59 Å². The predicted octanol–water partition coefficient (Wildman–Crippen LogP) is 1.71. The molecule has 3 amide bonds. The molecule has 5 rings (SSSR count). The van der Waals surface area contributed by atoms with Crippen LogP contribution in [0.25, 0.3) is 5.65 Å². The monoisotopic (exact) mass is 433 g/mol. The van der Waals surface area contributed by atoms with Gasteiger partial charge in [0.15, 0.2) is 11.5 Å². The molecule has 9 nitrogen and oxygen atoms in total. The van der Waals surface area contributed by atoms with Gasteiger partial charge in [0, 0.05) is 44.6 Å². The average Bonchev–Trinajstić information content (AvgIpc) is 3.44. The molecule has 0 spiro atoms. The lowest BCUT2D eigenvalue weighted by Crippen LogP contribution is -2.54. The first kappa shape index (κ1) is 20.4. The SMILES string of the molecule is CC(NC(=O)N1CCN(CC(=O)N2CCc3ccccc32)CC1)c1nnc2ccccn12. The van der Waals surface area contributed by atoms with E-state index in [1.807, 2.05) is 58.8 Å². The normalized spacial score (nSPS) is 17.4. The highest BCUT2D eigenvalue weighted by molar-refractivity contribution is 5.96. The van der Waals surface area contributed by atoms with Gasteiger partial charge in [-0.3, -0.25) is 14.1 Å². The van der Waals surface area contributed by atoms with Crippen molar-refractivity contribution in [1.82, 2.24) is 29.7 Å². The highest BCUT2D eigenvalue weighted by Gasteiger charge is 2.28. The Kier molecular flexibility index (Phi) is 5.48. The van der Waals surface area contributed by atoms with Crippen LogP contribution in [0.4, 0.5) is 10.5 Å². The van der Waals surface area contributed by atoms with Gasteiger partial charge in [0.05, 0.1) is 12.6 Å². The Morgan fingerprint density at radius 3 is 2.62 bits per heavy atom. The molecule has 2 aromatic heterocycles. The number of para-hydroxylation sites is 1. The van der Waals surface area contributed by atoms with Gasteiger partial charge in [0.25, 0.3) is 0 Å². The van der Waals surface area contributed by atoms with E-state index in [1.165, 1.54) is 5.56 Å². The summed E-state index contributed by atoms with van der Waals surface area (Å²) < 4.78 is 1.88. The number of pyridine rings is 1. The molecule has 1 fully saturated rings. The predicted molar refractivity (Wildman–Crippen MR) is 120 cm³/mol. The molecule has 0 aliphatic carbocycles. The molecule has 1 aromatic carbocycles. The van der Waals surface area contributed by atoms with Gasteiger partial charge in [0.2, 0.25) is 5.91 Å². The van der Waals surface area contributed by atoms with Crippen LogP contribution in [0, 0.1) is 0 Å². The van der Waals surface area contributed by atoms with Crippen LogP contribution in [0.15, 0.2) is 48.7 Å². The molecule has 2 aliphatic heterocycles. The summed E-state index contributed by atoms with van der Waals surface area (Å²) in [6.07, 6.45) is 2.80. The number of nitrogens with zero attached hydrogens (tertiary/aromatic N) is 6. The van der Waals surface area contributed by atoms with Crippen LogP contribution < -0.4 is 10.2 Å². The van der Waals surface area contributed by atoms with Crippen LogP contribution in [-0.4, -0.2) is 75.6 Å². The van der Waals surface area contributed by atoms with Crippen LogP contribution >= 0.6 is 0 Å². The Balaban J connectivity index is 1.13. The van der Waals surface area contributed by atoms with Crippen LogP contribution in [-0.2, 0) is 11.2 Å². The maximum atomic E-state index is 12.9. The molecule has 3 aromatic rings. The first-order valence-electron chi connectivity index (χ1n) is 11.1. The summed E-state index contributed by atoms with van der Waals surface area (Å²) in [6, 6.07) is 13.4. The second-order valence-corrected chi connectivity index (χ2v) is 8.35. The molecular formula is C23H27N7O2. The molecule has 0 bridgehead atoms. The number of aromatic nitrogens is 3. The maximum Gasteiger partial charge on any atom is 0.318 e. The van der Waals surface area contributed by atoms with E-state index in [1.54, 1.807) is 4.90 Å². The van der Waals surface area contributed by atoms with Gasteiger partial charge in [-0.05, 0) is 37.1 Å². The minimum absolute atomic E-state index is 0.121. The summed E-state index contributed by atoms with van der Waals surface area (Å²) in [5.74, 6) is 0.823. The van der Waals surface area contributed by atoms with E-state index in [0.29, 0.717) is 38.5 Å². The van der Waals surface area contributed by atoms with E-state index < -0.39 is 0 Å². The molecule has 1 unspecified atom stereocenters. The Morgan fingerprint density at radius 2 is 1.78 bits per heavy atom. The number of anilines is 1. The number of amides is 3. The summed E-state index contributed by atoms with van der Waals surface area (Å²) in [5.41, 5.74) is 3.02. The summed E-state index contributed by atoms with van der Waals surface area (Å²) in [6.45, 7) is 5.56. The minimum Gasteiger partial charge on any atom is -0.328 e. The Labute approximate surface area is 186 Å². The number of nitrogens with one attached hydrogen (secondary N) is 1. The average molecular weight is 434 g/mol. The van der Waals surface area contributed by atoms with Crippen LogP contribution in [0.1, 0.15) is 24.4 Å². The van der Waals surface area contributed by atoms with E-state index in [2.05, 4.69) is 26.5 Å². The van der Waals surface area contributed by atoms with E-state index in [0.717, 1.165) is 24.3 Å². The number of hydrogen-bond donors (Lipinski definition) is 1. The van der Waals surface area contributed by atoms with E-state index in [4.69, 9.17) is 0 Å². The Morgan fingerprint density at radius 1 is 1.00 bits per heavy atom. The number of rotatable bonds is 4. The number of benzene rings is 1. The van der Waals surface area contributed by atoms with Crippen molar-refractivity contribution in [3.8, 4) is 0 Å². The number of fused-ring (bicyclic) bond motifs is 2. The number of carbonyl (C=O) groups excluding carboxylic acids is 2. The first-order valence-corrected chi connectivity index (χ1v) is 11.1. The van der Waals surface area contributed by atoms with Gasteiger partial charge in [-0.25, -0.2) is 4.79 Å². The molecule has 1 N–H and O–H groups in total. The molecule has 2 aliphatic rings.